The molecule has 2 heteroatoms. The molecular formula is C9H21NO. The Kier molecular flexibility index (Phi) is 11.3. The van der Waals surface area contributed by atoms with Crippen molar-refractivity contribution < 1.29 is 4.79 Å². The molecule has 0 unspecified atom stereocenters. The first-order valence-corrected chi connectivity index (χ1v) is 4.37. The third-order valence-corrected chi connectivity index (χ3v) is 0.875. The number of carbonyl (C=O) groups excluding carboxylic acids is 1. The Balaban J connectivity index is 0. The van der Waals surface area contributed by atoms with E-state index in [9.17, 15) is 4.79 Å². The Morgan fingerprint density at radius 3 is 1.73 bits per heavy atom. The maximum Gasteiger partial charge on any atom is 0.222 e. The summed E-state index contributed by atoms with van der Waals surface area (Å²) >= 11 is 0. The molecule has 0 bridgehead atoms. The predicted molar refractivity (Wildman–Crippen MR) is 49.5 cm³/mol. The van der Waals surface area contributed by atoms with Crippen LogP contribution in [0.15, 0.2) is 0 Å². The van der Waals surface area contributed by atoms with Crippen LogP contribution < -0.4 is 5.32 Å². The van der Waals surface area contributed by atoms with E-state index in [1.165, 1.54) is 6.42 Å². The van der Waals surface area contributed by atoms with Gasteiger partial charge in [-0.1, -0.05) is 34.1 Å². The molecule has 0 atom stereocenters. The van der Waals surface area contributed by atoms with E-state index >= 15 is 0 Å². The number of rotatable bonds is 2. The van der Waals surface area contributed by atoms with Crippen molar-refractivity contribution in [3.8, 4) is 0 Å². The average Bonchev–Trinajstić information content (AvgIpc) is 1.90. The highest BCUT2D eigenvalue weighted by Crippen LogP contribution is 1.88. The van der Waals surface area contributed by atoms with Gasteiger partial charge in [0.25, 0.3) is 0 Å². The van der Waals surface area contributed by atoms with E-state index in [2.05, 4.69) is 19.2 Å². The highest BCUT2D eigenvalue weighted by Gasteiger charge is 2.02. The third kappa shape index (κ3) is 12.6. The minimum Gasteiger partial charge on any atom is -0.356 e. The third-order valence-electron chi connectivity index (χ3n) is 0.875. The SMILES string of the molecule is CCC.CCNC(=O)C(C)C. The minimum atomic E-state index is 0.120. The van der Waals surface area contributed by atoms with Crippen LogP contribution in [0.5, 0.6) is 0 Å². The molecule has 11 heavy (non-hydrogen) atoms. The lowest BCUT2D eigenvalue weighted by Gasteiger charge is -2.02. The fraction of sp³-hybridized carbons (Fsp3) is 0.889. The van der Waals surface area contributed by atoms with E-state index in [1.807, 2.05) is 20.8 Å². The van der Waals surface area contributed by atoms with Crippen LogP contribution in [0, 0.1) is 5.92 Å². The van der Waals surface area contributed by atoms with Gasteiger partial charge in [-0.3, -0.25) is 4.79 Å². The maximum atomic E-state index is 10.6. The van der Waals surface area contributed by atoms with E-state index < -0.39 is 0 Å². The number of hydrogen-bond acceptors (Lipinski definition) is 1. The molecule has 0 aromatic heterocycles. The summed E-state index contributed by atoms with van der Waals surface area (Å²) in [5.41, 5.74) is 0. The summed E-state index contributed by atoms with van der Waals surface area (Å²) in [6, 6.07) is 0. The van der Waals surface area contributed by atoms with Gasteiger partial charge >= 0.3 is 0 Å². The largest absolute Gasteiger partial charge is 0.356 e. The molecule has 0 aliphatic heterocycles. The van der Waals surface area contributed by atoms with Crippen LogP contribution >= 0.6 is 0 Å². The lowest BCUT2D eigenvalue weighted by molar-refractivity contribution is -0.123. The van der Waals surface area contributed by atoms with Gasteiger partial charge in [0.1, 0.15) is 0 Å². The summed E-state index contributed by atoms with van der Waals surface area (Å²) < 4.78 is 0. The van der Waals surface area contributed by atoms with Gasteiger partial charge < -0.3 is 5.32 Å². The normalized spacial score (nSPS) is 8.55. The van der Waals surface area contributed by atoms with Crippen molar-refractivity contribution in [3.63, 3.8) is 0 Å². The first-order chi connectivity index (χ1) is 5.09. The lowest BCUT2D eigenvalue weighted by Crippen LogP contribution is -2.26. The molecule has 0 rings (SSSR count). The molecule has 0 saturated heterocycles. The molecular weight excluding hydrogens is 138 g/mol. The summed E-state index contributed by atoms with van der Waals surface area (Å²) in [5, 5.41) is 2.71. The summed E-state index contributed by atoms with van der Waals surface area (Å²) in [6.07, 6.45) is 1.25. The second kappa shape index (κ2) is 9.47. The van der Waals surface area contributed by atoms with Crippen LogP contribution in [-0.4, -0.2) is 12.5 Å². The summed E-state index contributed by atoms with van der Waals surface area (Å²) in [4.78, 5) is 10.6. The fourth-order valence-corrected chi connectivity index (χ4v) is 0.378. The van der Waals surface area contributed by atoms with Gasteiger partial charge in [0, 0.05) is 12.5 Å². The topological polar surface area (TPSA) is 29.1 Å². The lowest BCUT2D eigenvalue weighted by atomic mass is 10.2. The van der Waals surface area contributed by atoms with Crippen molar-refractivity contribution in [2.24, 2.45) is 5.92 Å². The van der Waals surface area contributed by atoms with E-state index in [-0.39, 0.29) is 11.8 Å². The molecule has 0 heterocycles. The summed E-state index contributed by atoms with van der Waals surface area (Å²) in [6.45, 7) is 10.7. The number of hydrogen-bond donors (Lipinski definition) is 1. The quantitative estimate of drug-likeness (QED) is 0.657. The fourth-order valence-electron chi connectivity index (χ4n) is 0.378. The second-order valence-corrected chi connectivity index (χ2v) is 2.76. The van der Waals surface area contributed by atoms with Crippen molar-refractivity contribution in [2.45, 2.75) is 41.0 Å². The number of carbonyl (C=O) groups is 1. The van der Waals surface area contributed by atoms with Gasteiger partial charge in [-0.15, -0.1) is 0 Å². The Bertz CT molecular complexity index is 89.6. The van der Waals surface area contributed by atoms with Gasteiger partial charge in [-0.2, -0.15) is 0 Å². The molecule has 1 amide bonds. The number of amides is 1. The van der Waals surface area contributed by atoms with Crippen LogP contribution in [0.2, 0.25) is 0 Å². The smallest absolute Gasteiger partial charge is 0.222 e. The summed E-state index contributed by atoms with van der Waals surface area (Å²) in [7, 11) is 0. The van der Waals surface area contributed by atoms with Crippen LogP contribution in [0.25, 0.3) is 0 Å². The highest BCUT2D eigenvalue weighted by molar-refractivity contribution is 5.77. The van der Waals surface area contributed by atoms with Crippen LogP contribution in [0.3, 0.4) is 0 Å². The second-order valence-electron chi connectivity index (χ2n) is 2.76. The highest BCUT2D eigenvalue weighted by atomic mass is 16.1. The molecule has 0 aliphatic carbocycles. The molecule has 2 nitrogen and oxygen atoms in total. The van der Waals surface area contributed by atoms with Gasteiger partial charge in [-0.05, 0) is 6.92 Å². The Labute approximate surface area is 70.4 Å². The van der Waals surface area contributed by atoms with E-state index in [0.717, 1.165) is 6.54 Å². The van der Waals surface area contributed by atoms with Crippen LogP contribution in [-0.2, 0) is 4.79 Å². The van der Waals surface area contributed by atoms with Crippen molar-refractivity contribution in [1.82, 2.24) is 5.32 Å². The molecule has 0 aromatic rings. The van der Waals surface area contributed by atoms with Gasteiger partial charge in [0.05, 0.1) is 0 Å². The zero-order chi connectivity index (χ0) is 9.28. The number of nitrogens with one attached hydrogen (secondary N) is 1. The Hall–Kier alpha value is -0.530. The zero-order valence-electron chi connectivity index (χ0n) is 8.40. The van der Waals surface area contributed by atoms with Crippen molar-refractivity contribution in [3.05, 3.63) is 0 Å². The summed E-state index contributed by atoms with van der Waals surface area (Å²) in [5.74, 6) is 0.252. The average molecular weight is 159 g/mol. The molecule has 1 N–H and O–H groups in total. The zero-order valence-corrected chi connectivity index (χ0v) is 8.40. The molecule has 0 fully saturated rings. The van der Waals surface area contributed by atoms with Crippen molar-refractivity contribution in [2.75, 3.05) is 6.54 Å². The molecule has 0 saturated carbocycles. The van der Waals surface area contributed by atoms with E-state index in [0.29, 0.717) is 0 Å². The van der Waals surface area contributed by atoms with Gasteiger partial charge in [0.2, 0.25) is 5.91 Å². The minimum absolute atomic E-state index is 0.120. The molecule has 0 radical (unpaired) electrons. The first kappa shape index (κ1) is 13.1. The van der Waals surface area contributed by atoms with Gasteiger partial charge in [-0.25, -0.2) is 0 Å². The predicted octanol–water partition coefficient (Wildman–Crippen LogP) is 2.19. The first-order valence-electron chi connectivity index (χ1n) is 4.37. The monoisotopic (exact) mass is 159 g/mol. The van der Waals surface area contributed by atoms with Crippen molar-refractivity contribution >= 4 is 5.91 Å². The Morgan fingerprint density at radius 1 is 1.27 bits per heavy atom. The standard InChI is InChI=1S/C6H13NO.C3H8/c1-4-7-6(8)5(2)3;1-3-2/h5H,4H2,1-3H3,(H,7,8);3H2,1-2H3. The maximum absolute atomic E-state index is 10.6. The Morgan fingerprint density at radius 2 is 1.64 bits per heavy atom. The van der Waals surface area contributed by atoms with Crippen LogP contribution in [0.4, 0.5) is 0 Å². The molecule has 0 spiro atoms. The van der Waals surface area contributed by atoms with E-state index in [1.54, 1.807) is 0 Å². The molecule has 68 valence electrons. The molecule has 0 aliphatic rings. The van der Waals surface area contributed by atoms with Crippen molar-refractivity contribution in [1.29, 1.82) is 0 Å². The van der Waals surface area contributed by atoms with Crippen LogP contribution in [0.1, 0.15) is 41.0 Å². The van der Waals surface area contributed by atoms with E-state index in [4.69, 9.17) is 0 Å². The molecule has 0 aromatic carbocycles. The van der Waals surface area contributed by atoms with Gasteiger partial charge in [0.15, 0.2) is 0 Å².